The lowest BCUT2D eigenvalue weighted by molar-refractivity contribution is -0.142. The predicted octanol–water partition coefficient (Wildman–Crippen LogP) is 0.675. The van der Waals surface area contributed by atoms with Crippen LogP contribution in [0, 0.1) is 5.92 Å². The molecule has 0 amide bonds. The molecule has 2 N–H and O–H groups in total. The third-order valence-electron chi connectivity index (χ3n) is 4.24. The van der Waals surface area contributed by atoms with Crippen molar-refractivity contribution in [2.45, 2.75) is 44.2 Å². The molecule has 0 spiro atoms. The molecule has 6 nitrogen and oxygen atoms in total. The first-order valence-electron chi connectivity index (χ1n) is 6.81. The minimum atomic E-state index is -3.21. The lowest BCUT2D eigenvalue weighted by Gasteiger charge is -2.32. The highest BCUT2D eigenvalue weighted by Gasteiger charge is 2.44. The second-order valence-corrected chi connectivity index (χ2v) is 7.44. The third kappa shape index (κ3) is 4.31. The van der Waals surface area contributed by atoms with Gasteiger partial charge in [0.15, 0.2) is 0 Å². The number of carboxylic acid groups (broad SMARTS) is 1. The van der Waals surface area contributed by atoms with E-state index in [0.717, 1.165) is 25.5 Å². The summed E-state index contributed by atoms with van der Waals surface area (Å²) in [5.41, 5.74) is 0. The van der Waals surface area contributed by atoms with Crippen molar-refractivity contribution >= 4 is 28.4 Å². The number of carbonyl (C=O) groups is 1. The number of hydrogen-bond acceptors (Lipinski definition) is 4. The zero-order valence-electron chi connectivity index (χ0n) is 11.6. The normalized spacial score (nSPS) is 30.6. The molecule has 3 atom stereocenters. The molecule has 0 aromatic heterocycles. The number of nitrogens with one attached hydrogen (secondary N) is 1. The van der Waals surface area contributed by atoms with Crippen LogP contribution in [0.2, 0.25) is 0 Å². The number of hydrogen-bond donors (Lipinski definition) is 2. The van der Waals surface area contributed by atoms with Crippen molar-refractivity contribution in [2.75, 3.05) is 19.3 Å². The fourth-order valence-electron chi connectivity index (χ4n) is 3.48. The van der Waals surface area contributed by atoms with Crippen LogP contribution in [0.25, 0.3) is 0 Å². The number of halogens is 1. The number of sulfonamides is 1. The van der Waals surface area contributed by atoms with E-state index in [1.807, 2.05) is 4.90 Å². The van der Waals surface area contributed by atoms with Crippen LogP contribution >= 0.6 is 12.4 Å². The van der Waals surface area contributed by atoms with Crippen LogP contribution in [0.3, 0.4) is 0 Å². The summed E-state index contributed by atoms with van der Waals surface area (Å²) in [5.74, 6) is -0.318. The van der Waals surface area contributed by atoms with Gasteiger partial charge in [0.1, 0.15) is 6.04 Å². The molecular weight excluding hydrogens is 304 g/mol. The van der Waals surface area contributed by atoms with E-state index in [9.17, 15) is 18.3 Å². The van der Waals surface area contributed by atoms with Crippen LogP contribution in [-0.2, 0) is 14.8 Å². The minimum Gasteiger partial charge on any atom is -0.480 e. The molecule has 0 bridgehead atoms. The molecular formula is C12H23ClN2O4S. The van der Waals surface area contributed by atoms with Crippen LogP contribution in [0.1, 0.15) is 32.1 Å². The van der Waals surface area contributed by atoms with E-state index < -0.39 is 22.0 Å². The van der Waals surface area contributed by atoms with Crippen molar-refractivity contribution in [2.24, 2.45) is 5.92 Å². The summed E-state index contributed by atoms with van der Waals surface area (Å²) in [6.07, 6.45) is 6.29. The summed E-state index contributed by atoms with van der Waals surface area (Å²) in [7, 11) is -3.21. The van der Waals surface area contributed by atoms with E-state index in [0.29, 0.717) is 24.9 Å². The van der Waals surface area contributed by atoms with Gasteiger partial charge in [0.25, 0.3) is 0 Å². The molecule has 20 heavy (non-hydrogen) atoms. The fourth-order valence-corrected chi connectivity index (χ4v) is 3.94. The quantitative estimate of drug-likeness (QED) is 0.775. The Morgan fingerprint density at radius 1 is 1.35 bits per heavy atom. The minimum absolute atomic E-state index is 0. The molecule has 1 saturated carbocycles. The summed E-state index contributed by atoms with van der Waals surface area (Å²) in [6.45, 7) is 0.761. The largest absolute Gasteiger partial charge is 0.480 e. The van der Waals surface area contributed by atoms with Crippen molar-refractivity contribution < 1.29 is 18.3 Å². The average molecular weight is 327 g/mol. The van der Waals surface area contributed by atoms with Crippen molar-refractivity contribution in [1.82, 2.24) is 9.62 Å². The Morgan fingerprint density at radius 2 is 2.00 bits per heavy atom. The third-order valence-corrected chi connectivity index (χ3v) is 4.97. The second kappa shape index (κ2) is 7.06. The van der Waals surface area contributed by atoms with Crippen LogP contribution in [0.5, 0.6) is 0 Å². The van der Waals surface area contributed by atoms with E-state index in [1.165, 1.54) is 6.42 Å². The predicted molar refractivity (Wildman–Crippen MR) is 78.6 cm³/mol. The van der Waals surface area contributed by atoms with Crippen LogP contribution < -0.4 is 4.72 Å². The Morgan fingerprint density at radius 3 is 2.60 bits per heavy atom. The molecule has 2 rings (SSSR count). The van der Waals surface area contributed by atoms with Crippen molar-refractivity contribution in [3.63, 3.8) is 0 Å². The zero-order chi connectivity index (χ0) is 14.0. The molecule has 2 aliphatic rings. The molecule has 8 heteroatoms. The maximum Gasteiger partial charge on any atom is 0.320 e. The first-order chi connectivity index (χ1) is 8.88. The van der Waals surface area contributed by atoms with Crippen LogP contribution in [0.15, 0.2) is 0 Å². The smallest absolute Gasteiger partial charge is 0.320 e. The second-order valence-electron chi connectivity index (χ2n) is 5.61. The summed E-state index contributed by atoms with van der Waals surface area (Å²) in [4.78, 5) is 13.3. The number of fused-ring (bicyclic) bond motifs is 1. The van der Waals surface area contributed by atoms with Crippen molar-refractivity contribution in [3.8, 4) is 0 Å². The number of carboxylic acids is 1. The Hall–Kier alpha value is -0.370. The number of rotatable bonds is 5. The van der Waals surface area contributed by atoms with Gasteiger partial charge in [-0.3, -0.25) is 9.69 Å². The van der Waals surface area contributed by atoms with Gasteiger partial charge in [-0.05, 0) is 25.2 Å². The molecule has 1 aliphatic carbocycles. The SMILES string of the molecule is CS(=O)(=O)NCCN1C(C(=O)O)CC2CCCCC21.Cl. The van der Waals surface area contributed by atoms with Gasteiger partial charge in [-0.15, -0.1) is 12.4 Å². The highest BCUT2D eigenvalue weighted by Crippen LogP contribution is 2.39. The van der Waals surface area contributed by atoms with Crippen LogP contribution in [-0.4, -0.2) is 55.8 Å². The van der Waals surface area contributed by atoms with Gasteiger partial charge in [-0.25, -0.2) is 13.1 Å². The molecule has 1 heterocycles. The highest BCUT2D eigenvalue weighted by molar-refractivity contribution is 7.88. The summed E-state index contributed by atoms with van der Waals surface area (Å²) < 4.78 is 24.6. The summed E-state index contributed by atoms with van der Waals surface area (Å²) >= 11 is 0. The molecule has 2 fully saturated rings. The maximum absolute atomic E-state index is 11.3. The Balaban J connectivity index is 0.00000200. The van der Waals surface area contributed by atoms with Gasteiger partial charge in [-0.1, -0.05) is 12.8 Å². The fraction of sp³-hybridized carbons (Fsp3) is 0.917. The van der Waals surface area contributed by atoms with Crippen LogP contribution in [0.4, 0.5) is 0 Å². The monoisotopic (exact) mass is 326 g/mol. The highest BCUT2D eigenvalue weighted by atomic mass is 35.5. The standard InChI is InChI=1S/C12H22N2O4S.ClH/c1-19(17,18)13-6-7-14-10-5-3-2-4-9(10)8-11(14)12(15)16;/h9-11,13H,2-8H2,1H3,(H,15,16);1H. The lowest BCUT2D eigenvalue weighted by Crippen LogP contribution is -2.45. The van der Waals surface area contributed by atoms with E-state index >= 15 is 0 Å². The number of likely N-dealkylation sites (tertiary alicyclic amines) is 1. The molecule has 1 aliphatic heterocycles. The number of nitrogens with zero attached hydrogens (tertiary/aromatic N) is 1. The van der Waals surface area contributed by atoms with E-state index in [2.05, 4.69) is 4.72 Å². The summed E-state index contributed by atoms with van der Waals surface area (Å²) in [5, 5.41) is 9.31. The zero-order valence-corrected chi connectivity index (χ0v) is 13.3. The van der Waals surface area contributed by atoms with E-state index in [4.69, 9.17) is 0 Å². The van der Waals surface area contributed by atoms with Gasteiger partial charge in [0, 0.05) is 19.1 Å². The molecule has 118 valence electrons. The lowest BCUT2D eigenvalue weighted by atomic mass is 9.85. The van der Waals surface area contributed by atoms with Gasteiger partial charge in [0.05, 0.1) is 6.26 Å². The molecule has 1 saturated heterocycles. The molecule has 3 unspecified atom stereocenters. The molecule has 0 aromatic carbocycles. The first-order valence-corrected chi connectivity index (χ1v) is 8.71. The van der Waals surface area contributed by atoms with E-state index in [-0.39, 0.29) is 19.0 Å². The van der Waals surface area contributed by atoms with Gasteiger partial charge >= 0.3 is 5.97 Å². The van der Waals surface area contributed by atoms with Gasteiger partial charge < -0.3 is 5.11 Å². The van der Waals surface area contributed by atoms with E-state index in [1.54, 1.807) is 0 Å². The Labute approximate surface area is 126 Å². The number of aliphatic carboxylic acids is 1. The Bertz CT molecular complexity index is 443. The van der Waals surface area contributed by atoms with Crippen molar-refractivity contribution in [1.29, 1.82) is 0 Å². The van der Waals surface area contributed by atoms with Crippen molar-refractivity contribution in [3.05, 3.63) is 0 Å². The topological polar surface area (TPSA) is 86.7 Å². The average Bonchev–Trinajstić information content (AvgIpc) is 2.67. The first kappa shape index (κ1) is 17.7. The molecule has 0 radical (unpaired) electrons. The Kier molecular flexibility index (Phi) is 6.25. The molecule has 0 aromatic rings. The summed E-state index contributed by atoms with van der Waals surface area (Å²) in [6, 6.07) is -0.134. The van der Waals surface area contributed by atoms with Gasteiger partial charge in [-0.2, -0.15) is 0 Å². The maximum atomic E-state index is 11.3. The van der Waals surface area contributed by atoms with Gasteiger partial charge in [0.2, 0.25) is 10.0 Å².